The number of aryl methyl sites for hydroxylation is 1. The zero-order chi connectivity index (χ0) is 18.1. The predicted molar refractivity (Wildman–Crippen MR) is 94.1 cm³/mol. The molecule has 2 aromatic rings. The molecule has 1 aliphatic heterocycles. The molecular weight excluding hydrogens is 328 g/mol. The quantitative estimate of drug-likeness (QED) is 0.846. The second kappa shape index (κ2) is 6.56. The van der Waals surface area contributed by atoms with E-state index in [0.29, 0.717) is 37.1 Å². The van der Waals surface area contributed by atoms with E-state index in [9.17, 15) is 4.79 Å². The monoisotopic (exact) mass is 350 g/mol. The SMILES string of the molecule is Cc1nnc([C@]23CCC[C@H]2CN(C(=O)Cc2ccccc2CC#N)C3)o1. The van der Waals surface area contributed by atoms with Crippen molar-refractivity contribution in [1.82, 2.24) is 15.1 Å². The summed E-state index contributed by atoms with van der Waals surface area (Å²) in [7, 11) is 0. The van der Waals surface area contributed by atoms with Gasteiger partial charge in [-0.05, 0) is 29.9 Å². The van der Waals surface area contributed by atoms with Crippen LogP contribution in [-0.2, 0) is 23.1 Å². The van der Waals surface area contributed by atoms with Gasteiger partial charge in [0.05, 0.1) is 24.3 Å². The van der Waals surface area contributed by atoms with Crippen molar-refractivity contribution in [2.75, 3.05) is 13.1 Å². The molecule has 1 amide bonds. The lowest BCUT2D eigenvalue weighted by atomic mass is 9.80. The molecule has 0 radical (unpaired) electrons. The predicted octanol–water partition coefficient (Wildman–Crippen LogP) is 2.57. The van der Waals surface area contributed by atoms with Gasteiger partial charge in [0.1, 0.15) is 0 Å². The Kier molecular flexibility index (Phi) is 4.23. The summed E-state index contributed by atoms with van der Waals surface area (Å²) in [6.07, 6.45) is 3.89. The van der Waals surface area contributed by atoms with Gasteiger partial charge in [-0.2, -0.15) is 5.26 Å². The molecule has 4 rings (SSSR count). The lowest BCUT2D eigenvalue weighted by Crippen LogP contribution is -2.35. The summed E-state index contributed by atoms with van der Waals surface area (Å²) in [4.78, 5) is 14.9. The van der Waals surface area contributed by atoms with Crippen LogP contribution in [0.1, 0.15) is 42.2 Å². The van der Waals surface area contributed by atoms with Crippen LogP contribution < -0.4 is 0 Å². The fourth-order valence-corrected chi connectivity index (χ4v) is 4.59. The first kappa shape index (κ1) is 16.8. The smallest absolute Gasteiger partial charge is 0.227 e. The third-order valence-electron chi connectivity index (χ3n) is 5.90. The highest BCUT2D eigenvalue weighted by atomic mass is 16.4. The van der Waals surface area contributed by atoms with Crippen LogP contribution in [-0.4, -0.2) is 34.1 Å². The summed E-state index contributed by atoms with van der Waals surface area (Å²) in [5, 5.41) is 17.3. The molecule has 2 aliphatic rings. The molecule has 1 aromatic carbocycles. The number of benzene rings is 1. The van der Waals surface area contributed by atoms with Gasteiger partial charge in [0.15, 0.2) is 0 Å². The third-order valence-corrected chi connectivity index (χ3v) is 5.90. The molecule has 0 spiro atoms. The standard InChI is InChI=1S/C20H22N4O2/c1-14-22-23-19(26-14)20-9-4-7-17(20)12-24(13-20)18(25)11-16-6-3-2-5-15(16)8-10-21/h2-3,5-6,17H,4,7-9,11-13H2,1H3/t17-,20-/m0/s1. The van der Waals surface area contributed by atoms with E-state index >= 15 is 0 Å². The first-order valence-electron chi connectivity index (χ1n) is 9.14. The second-order valence-corrected chi connectivity index (χ2v) is 7.43. The summed E-state index contributed by atoms with van der Waals surface area (Å²) in [6, 6.07) is 9.88. The van der Waals surface area contributed by atoms with Gasteiger partial charge in [-0.25, -0.2) is 0 Å². The van der Waals surface area contributed by atoms with Gasteiger partial charge in [0.25, 0.3) is 0 Å². The summed E-state index contributed by atoms with van der Waals surface area (Å²) >= 11 is 0. The van der Waals surface area contributed by atoms with Gasteiger partial charge in [0.2, 0.25) is 17.7 Å². The first-order chi connectivity index (χ1) is 12.6. The highest BCUT2D eigenvalue weighted by Gasteiger charge is 2.54. The molecule has 0 unspecified atom stereocenters. The number of nitrogens with zero attached hydrogens (tertiary/aromatic N) is 4. The summed E-state index contributed by atoms with van der Waals surface area (Å²) < 4.78 is 5.77. The Balaban J connectivity index is 1.53. The number of amides is 1. The maximum atomic E-state index is 13.0. The van der Waals surface area contributed by atoms with Crippen LogP contribution in [0.3, 0.4) is 0 Å². The molecule has 6 nitrogen and oxygen atoms in total. The van der Waals surface area contributed by atoms with E-state index in [1.165, 1.54) is 0 Å². The molecule has 0 N–H and O–H groups in total. The maximum Gasteiger partial charge on any atom is 0.227 e. The largest absolute Gasteiger partial charge is 0.425 e. The van der Waals surface area contributed by atoms with E-state index in [1.807, 2.05) is 29.2 Å². The molecule has 2 atom stereocenters. The molecule has 1 aliphatic carbocycles. The Bertz CT molecular complexity index is 869. The fourth-order valence-electron chi connectivity index (χ4n) is 4.59. The van der Waals surface area contributed by atoms with E-state index in [-0.39, 0.29) is 11.3 Å². The van der Waals surface area contributed by atoms with Gasteiger partial charge in [0, 0.05) is 20.0 Å². The number of hydrogen-bond donors (Lipinski definition) is 0. The van der Waals surface area contributed by atoms with Crippen molar-refractivity contribution in [3.8, 4) is 6.07 Å². The van der Waals surface area contributed by atoms with Gasteiger partial charge >= 0.3 is 0 Å². The fraction of sp³-hybridized carbons (Fsp3) is 0.500. The van der Waals surface area contributed by atoms with E-state index in [4.69, 9.17) is 9.68 Å². The van der Waals surface area contributed by atoms with Crippen LogP contribution in [0.5, 0.6) is 0 Å². The maximum absolute atomic E-state index is 13.0. The van der Waals surface area contributed by atoms with Gasteiger partial charge in [-0.15, -0.1) is 10.2 Å². The van der Waals surface area contributed by atoms with E-state index in [2.05, 4.69) is 16.3 Å². The molecule has 26 heavy (non-hydrogen) atoms. The molecule has 0 bridgehead atoms. The molecule has 1 saturated carbocycles. The Morgan fingerprint density at radius 3 is 2.92 bits per heavy atom. The topological polar surface area (TPSA) is 83.0 Å². The minimum Gasteiger partial charge on any atom is -0.425 e. The van der Waals surface area contributed by atoms with E-state index < -0.39 is 0 Å². The number of likely N-dealkylation sites (tertiary alicyclic amines) is 1. The molecule has 1 saturated heterocycles. The zero-order valence-corrected chi connectivity index (χ0v) is 14.9. The molecule has 6 heteroatoms. The van der Waals surface area contributed by atoms with E-state index in [1.54, 1.807) is 6.92 Å². The number of carbonyl (C=O) groups is 1. The second-order valence-electron chi connectivity index (χ2n) is 7.43. The molecular formula is C20H22N4O2. The number of aromatic nitrogens is 2. The summed E-state index contributed by atoms with van der Waals surface area (Å²) in [5.41, 5.74) is 1.70. The lowest BCUT2D eigenvalue weighted by molar-refractivity contribution is -0.129. The Morgan fingerprint density at radius 2 is 2.19 bits per heavy atom. The van der Waals surface area contributed by atoms with Crippen molar-refractivity contribution in [3.63, 3.8) is 0 Å². The molecule has 1 aromatic heterocycles. The van der Waals surface area contributed by atoms with Crippen LogP contribution in [0.2, 0.25) is 0 Å². The number of hydrogen-bond acceptors (Lipinski definition) is 5. The zero-order valence-electron chi connectivity index (χ0n) is 14.9. The normalized spacial score (nSPS) is 24.5. The van der Waals surface area contributed by atoms with Crippen LogP contribution in [0.25, 0.3) is 0 Å². The minimum absolute atomic E-state index is 0.111. The Labute approximate surface area is 152 Å². The first-order valence-corrected chi connectivity index (χ1v) is 9.14. The van der Waals surface area contributed by atoms with E-state index in [0.717, 1.165) is 36.9 Å². The average Bonchev–Trinajstić information content (AvgIpc) is 3.30. The molecule has 2 fully saturated rings. The van der Waals surface area contributed by atoms with Crippen molar-refractivity contribution in [1.29, 1.82) is 5.26 Å². The third kappa shape index (κ3) is 2.78. The van der Waals surface area contributed by atoms with Crippen LogP contribution in [0.4, 0.5) is 0 Å². The average molecular weight is 350 g/mol. The van der Waals surface area contributed by atoms with Crippen LogP contribution in [0, 0.1) is 24.2 Å². The summed E-state index contributed by atoms with van der Waals surface area (Å²) in [5.74, 6) is 1.77. The van der Waals surface area contributed by atoms with Crippen molar-refractivity contribution < 1.29 is 9.21 Å². The van der Waals surface area contributed by atoms with Crippen molar-refractivity contribution in [2.24, 2.45) is 5.92 Å². The Hall–Kier alpha value is -2.68. The number of nitriles is 1. The van der Waals surface area contributed by atoms with Gasteiger partial charge in [-0.3, -0.25) is 4.79 Å². The number of carbonyl (C=O) groups excluding carboxylic acids is 1. The number of fused-ring (bicyclic) bond motifs is 1. The molecule has 134 valence electrons. The lowest BCUT2D eigenvalue weighted by Gasteiger charge is -2.24. The van der Waals surface area contributed by atoms with Crippen molar-refractivity contribution in [3.05, 3.63) is 47.2 Å². The van der Waals surface area contributed by atoms with Gasteiger partial charge in [-0.1, -0.05) is 30.7 Å². The highest BCUT2D eigenvalue weighted by molar-refractivity contribution is 5.79. The van der Waals surface area contributed by atoms with Crippen molar-refractivity contribution >= 4 is 5.91 Å². The van der Waals surface area contributed by atoms with Crippen LogP contribution in [0.15, 0.2) is 28.7 Å². The summed E-state index contributed by atoms with van der Waals surface area (Å²) in [6.45, 7) is 3.21. The number of rotatable bonds is 4. The van der Waals surface area contributed by atoms with Crippen molar-refractivity contribution in [2.45, 2.75) is 44.4 Å². The van der Waals surface area contributed by atoms with Gasteiger partial charge < -0.3 is 9.32 Å². The Morgan fingerprint density at radius 1 is 1.38 bits per heavy atom. The molecule has 2 heterocycles. The van der Waals surface area contributed by atoms with Crippen LogP contribution >= 0.6 is 0 Å². The highest BCUT2D eigenvalue weighted by Crippen LogP contribution is 2.50. The minimum atomic E-state index is -0.177.